The Hall–Kier alpha value is -3.82. The summed E-state index contributed by atoms with van der Waals surface area (Å²) in [6.07, 6.45) is -1.22. The number of nitrogens with one attached hydrogen (secondary N) is 1. The number of aromatic nitrogens is 3. The second-order valence-electron chi connectivity index (χ2n) is 9.31. The van der Waals surface area contributed by atoms with Crippen LogP contribution in [0.1, 0.15) is 30.2 Å². The highest BCUT2D eigenvalue weighted by Gasteiger charge is 2.40. The molecule has 4 heterocycles. The van der Waals surface area contributed by atoms with Crippen LogP contribution in [-0.2, 0) is 17.9 Å². The molecule has 2 atom stereocenters. The topological polar surface area (TPSA) is 83.5 Å². The molecule has 1 amide bonds. The van der Waals surface area contributed by atoms with E-state index in [1.165, 1.54) is 18.0 Å². The number of anilines is 2. The average molecular weight is 495 g/mol. The molecule has 36 heavy (non-hydrogen) atoms. The molecule has 0 unspecified atom stereocenters. The number of nitrogens with zero attached hydrogens (tertiary/aromatic N) is 5. The van der Waals surface area contributed by atoms with Crippen LogP contribution in [0, 0.1) is 11.8 Å². The number of carbonyl (C=O) groups is 1. The lowest BCUT2D eigenvalue weighted by atomic mass is 10.0. The summed E-state index contributed by atoms with van der Waals surface area (Å²) in [7, 11) is 0. The van der Waals surface area contributed by atoms with Crippen molar-refractivity contribution >= 4 is 17.4 Å². The smallest absolute Gasteiger partial charge is 0.280 e. The van der Waals surface area contributed by atoms with Gasteiger partial charge in [0.25, 0.3) is 6.43 Å². The highest BCUT2D eigenvalue weighted by Crippen LogP contribution is 2.34. The van der Waals surface area contributed by atoms with Gasteiger partial charge in [-0.25, -0.2) is 8.78 Å². The number of hydrogen-bond donors (Lipinski definition) is 1. The fraction of sp³-hybridized carbons (Fsp3) is 0.385. The first-order valence-corrected chi connectivity index (χ1v) is 12.0. The molecular formula is C26H28F2N6O2. The molecule has 0 spiro atoms. The Morgan fingerprint density at radius 2 is 1.72 bits per heavy atom. The van der Waals surface area contributed by atoms with Gasteiger partial charge in [0.15, 0.2) is 0 Å². The van der Waals surface area contributed by atoms with Gasteiger partial charge in [0.2, 0.25) is 11.8 Å². The summed E-state index contributed by atoms with van der Waals surface area (Å²) in [5, 5.41) is 11.4. The Labute approximate surface area is 208 Å². The first-order valence-electron chi connectivity index (χ1n) is 12.0. The molecule has 188 valence electrons. The average Bonchev–Trinajstić information content (AvgIpc) is 3.47. The van der Waals surface area contributed by atoms with Crippen LogP contribution in [0.4, 0.5) is 20.3 Å². The Morgan fingerprint density at radius 1 is 1.00 bits per heavy atom. The monoisotopic (exact) mass is 494 g/mol. The minimum Gasteiger partial charge on any atom is -0.472 e. The van der Waals surface area contributed by atoms with Crippen LogP contribution in [-0.4, -0.2) is 52.2 Å². The molecule has 1 aromatic carbocycles. The second-order valence-corrected chi connectivity index (χ2v) is 9.31. The number of amides is 1. The van der Waals surface area contributed by atoms with Crippen molar-refractivity contribution in [3.8, 4) is 5.88 Å². The second kappa shape index (κ2) is 10.4. The van der Waals surface area contributed by atoms with Gasteiger partial charge in [-0.2, -0.15) is 0 Å². The number of pyridine rings is 1. The number of fused-ring (bicyclic) bond motifs is 1. The van der Waals surface area contributed by atoms with Gasteiger partial charge in [-0.05, 0) is 29.8 Å². The minimum atomic E-state index is -2.59. The third-order valence-electron chi connectivity index (χ3n) is 6.80. The van der Waals surface area contributed by atoms with E-state index in [2.05, 4.69) is 49.7 Å². The Balaban J connectivity index is 1.07. The van der Waals surface area contributed by atoms with Crippen molar-refractivity contribution in [2.75, 3.05) is 36.4 Å². The highest BCUT2D eigenvalue weighted by atomic mass is 19.3. The van der Waals surface area contributed by atoms with Gasteiger partial charge in [-0.15, -0.1) is 10.2 Å². The van der Waals surface area contributed by atoms with Crippen LogP contribution in [0.15, 0.2) is 54.7 Å². The van der Waals surface area contributed by atoms with E-state index in [0.717, 1.165) is 31.7 Å². The standard InChI is InChI=1S/C26H28F2N6O2/c1-17(35)33-12-20-14-34(15-21(20)13-33)22-5-2-18(3-6-22)10-30-24-8-9-25(32-31-24)36-16-19-4-7-23(26(27)28)29-11-19/h2-9,11,20-21,26H,10,12-16H2,1H3,(H,30,31)/t20-,21+. The van der Waals surface area contributed by atoms with Gasteiger partial charge in [0.05, 0.1) is 0 Å². The van der Waals surface area contributed by atoms with Gasteiger partial charge >= 0.3 is 0 Å². The van der Waals surface area contributed by atoms with Crippen molar-refractivity contribution in [2.45, 2.75) is 26.5 Å². The van der Waals surface area contributed by atoms with E-state index in [0.29, 0.717) is 35.6 Å². The number of carbonyl (C=O) groups excluding carboxylic acids is 1. The van der Waals surface area contributed by atoms with E-state index in [-0.39, 0.29) is 18.2 Å². The van der Waals surface area contributed by atoms with Crippen molar-refractivity contribution in [3.05, 3.63) is 71.5 Å². The molecule has 2 aromatic heterocycles. The van der Waals surface area contributed by atoms with E-state index < -0.39 is 6.43 Å². The SMILES string of the molecule is CC(=O)N1C[C@@H]2CN(c3ccc(CNc4ccc(OCc5ccc(C(F)F)nc5)nn4)cc3)C[C@@H]2C1. The predicted molar refractivity (Wildman–Crippen MR) is 131 cm³/mol. The molecule has 10 heteroatoms. The highest BCUT2D eigenvalue weighted by molar-refractivity contribution is 5.73. The van der Waals surface area contributed by atoms with E-state index in [9.17, 15) is 13.6 Å². The molecule has 2 aliphatic heterocycles. The van der Waals surface area contributed by atoms with Gasteiger partial charge in [-0.3, -0.25) is 9.78 Å². The molecule has 5 rings (SSSR count). The molecular weight excluding hydrogens is 466 g/mol. The third-order valence-corrected chi connectivity index (χ3v) is 6.80. The van der Waals surface area contributed by atoms with E-state index >= 15 is 0 Å². The lowest BCUT2D eigenvalue weighted by Crippen LogP contribution is -2.31. The Bertz CT molecular complexity index is 1160. The zero-order valence-corrected chi connectivity index (χ0v) is 20.0. The summed E-state index contributed by atoms with van der Waals surface area (Å²) in [6, 6.07) is 14.8. The quantitative estimate of drug-likeness (QED) is 0.508. The first-order chi connectivity index (χ1) is 17.4. The largest absolute Gasteiger partial charge is 0.472 e. The summed E-state index contributed by atoms with van der Waals surface area (Å²) < 4.78 is 30.7. The van der Waals surface area contributed by atoms with E-state index in [1.807, 2.05) is 4.90 Å². The fourth-order valence-corrected chi connectivity index (χ4v) is 4.78. The third kappa shape index (κ3) is 5.53. The number of halogens is 2. The Morgan fingerprint density at radius 3 is 2.31 bits per heavy atom. The minimum absolute atomic E-state index is 0.165. The molecule has 8 nitrogen and oxygen atoms in total. The van der Waals surface area contributed by atoms with Crippen LogP contribution in [0.2, 0.25) is 0 Å². The summed E-state index contributed by atoms with van der Waals surface area (Å²) in [5.74, 6) is 2.26. The van der Waals surface area contributed by atoms with Crippen molar-refractivity contribution in [1.29, 1.82) is 0 Å². The lowest BCUT2D eigenvalue weighted by molar-refractivity contribution is -0.128. The van der Waals surface area contributed by atoms with Gasteiger partial charge in [0, 0.05) is 75.0 Å². The molecule has 0 aliphatic carbocycles. The molecule has 2 aliphatic rings. The molecule has 2 fully saturated rings. The number of ether oxygens (including phenoxy) is 1. The van der Waals surface area contributed by atoms with Crippen molar-refractivity contribution < 1.29 is 18.3 Å². The van der Waals surface area contributed by atoms with Gasteiger partial charge < -0.3 is 19.9 Å². The van der Waals surface area contributed by atoms with Crippen LogP contribution in [0.5, 0.6) is 5.88 Å². The maximum absolute atomic E-state index is 12.6. The van der Waals surface area contributed by atoms with Crippen LogP contribution in [0.25, 0.3) is 0 Å². The number of likely N-dealkylation sites (tertiary alicyclic amines) is 1. The van der Waals surface area contributed by atoms with Crippen molar-refractivity contribution in [3.63, 3.8) is 0 Å². The maximum atomic E-state index is 12.6. The molecule has 0 radical (unpaired) electrons. The summed E-state index contributed by atoms with van der Waals surface area (Å²) in [5.41, 5.74) is 2.75. The molecule has 0 saturated carbocycles. The normalized spacial score (nSPS) is 19.0. The van der Waals surface area contributed by atoms with Crippen molar-refractivity contribution in [2.24, 2.45) is 11.8 Å². The zero-order valence-electron chi connectivity index (χ0n) is 20.0. The predicted octanol–water partition coefficient (Wildman–Crippen LogP) is 3.91. The summed E-state index contributed by atoms with van der Waals surface area (Å²) >= 11 is 0. The fourth-order valence-electron chi connectivity index (χ4n) is 4.78. The Kier molecular flexibility index (Phi) is 6.92. The summed E-state index contributed by atoms with van der Waals surface area (Å²) in [4.78, 5) is 19.7. The van der Waals surface area contributed by atoms with Crippen LogP contribution < -0.4 is 15.0 Å². The molecule has 0 bridgehead atoms. The molecule has 2 saturated heterocycles. The first kappa shape index (κ1) is 23.9. The van der Waals surface area contributed by atoms with Crippen LogP contribution >= 0.6 is 0 Å². The van der Waals surface area contributed by atoms with E-state index in [1.54, 1.807) is 25.1 Å². The summed E-state index contributed by atoms with van der Waals surface area (Å²) in [6.45, 7) is 6.15. The number of hydrogen-bond acceptors (Lipinski definition) is 7. The maximum Gasteiger partial charge on any atom is 0.280 e. The van der Waals surface area contributed by atoms with Gasteiger partial charge in [-0.1, -0.05) is 18.2 Å². The van der Waals surface area contributed by atoms with Crippen molar-refractivity contribution in [1.82, 2.24) is 20.1 Å². The van der Waals surface area contributed by atoms with E-state index in [4.69, 9.17) is 4.74 Å². The zero-order chi connectivity index (χ0) is 25.1. The van der Waals surface area contributed by atoms with Crippen LogP contribution in [0.3, 0.4) is 0 Å². The number of alkyl halides is 2. The number of benzene rings is 1. The molecule has 1 N–H and O–H groups in total. The molecule has 3 aromatic rings. The lowest BCUT2D eigenvalue weighted by Gasteiger charge is -2.22. The van der Waals surface area contributed by atoms with Gasteiger partial charge in [0.1, 0.15) is 18.1 Å². The number of rotatable bonds is 8.